The van der Waals surface area contributed by atoms with E-state index in [4.69, 9.17) is 0 Å². The summed E-state index contributed by atoms with van der Waals surface area (Å²) in [5.41, 5.74) is 7.64. The minimum absolute atomic E-state index is 0.123. The summed E-state index contributed by atoms with van der Waals surface area (Å²) in [6.45, 7) is 5.83. The van der Waals surface area contributed by atoms with E-state index < -0.39 is 5.25 Å². The first kappa shape index (κ1) is 22.9. The molecule has 0 spiro atoms. The third-order valence-corrected chi connectivity index (χ3v) is 8.46. The number of aromatic amines is 1. The fraction of sp³-hybridized carbons (Fsp3) is 0.296. The second kappa shape index (κ2) is 9.39. The third kappa shape index (κ3) is 4.42. The standard InChI is InChI=1S/C27H27N3O2S2/c1-15-7-6-10-22(16(15)2)28-24(31)17(3)34-27-29-25(32)23-21(14-33-26(23)30-27)20-12-11-18-8-4-5-9-19(18)13-20/h6-7,10-14,17H,4-5,8-9H2,1-3H3,(H,28,31)(H,29,30,32). The Hall–Kier alpha value is -2.90. The normalized spacial score (nSPS) is 14.1. The van der Waals surface area contributed by atoms with Gasteiger partial charge in [-0.05, 0) is 80.3 Å². The number of H-pyrrole nitrogens is 1. The van der Waals surface area contributed by atoms with E-state index in [2.05, 4.69) is 33.5 Å². The van der Waals surface area contributed by atoms with Crippen LogP contribution in [0.4, 0.5) is 5.69 Å². The zero-order valence-corrected chi connectivity index (χ0v) is 21.2. The number of aromatic nitrogens is 2. The van der Waals surface area contributed by atoms with Crippen molar-refractivity contribution in [1.82, 2.24) is 9.97 Å². The van der Waals surface area contributed by atoms with Crippen molar-refractivity contribution < 1.29 is 4.79 Å². The smallest absolute Gasteiger partial charge is 0.260 e. The van der Waals surface area contributed by atoms with Crippen LogP contribution < -0.4 is 10.9 Å². The van der Waals surface area contributed by atoms with Crippen LogP contribution in [0, 0.1) is 13.8 Å². The van der Waals surface area contributed by atoms with Gasteiger partial charge in [-0.2, -0.15) is 0 Å². The minimum Gasteiger partial charge on any atom is -0.325 e. The molecule has 7 heteroatoms. The van der Waals surface area contributed by atoms with Crippen molar-refractivity contribution in [1.29, 1.82) is 0 Å². The van der Waals surface area contributed by atoms with Crippen molar-refractivity contribution in [3.63, 3.8) is 0 Å². The maximum absolute atomic E-state index is 13.1. The highest BCUT2D eigenvalue weighted by molar-refractivity contribution is 8.00. The molecule has 4 aromatic rings. The Labute approximate surface area is 207 Å². The predicted molar refractivity (Wildman–Crippen MR) is 142 cm³/mol. The van der Waals surface area contributed by atoms with Gasteiger partial charge in [0.05, 0.1) is 10.6 Å². The quantitative estimate of drug-likeness (QED) is 0.256. The molecule has 0 saturated heterocycles. The summed E-state index contributed by atoms with van der Waals surface area (Å²) >= 11 is 2.73. The molecule has 0 radical (unpaired) electrons. The van der Waals surface area contributed by atoms with E-state index in [0.717, 1.165) is 40.8 Å². The average molecular weight is 490 g/mol. The van der Waals surface area contributed by atoms with E-state index >= 15 is 0 Å². The number of rotatable bonds is 5. The lowest BCUT2D eigenvalue weighted by Gasteiger charge is -2.16. The predicted octanol–water partition coefficient (Wildman–Crippen LogP) is 6.27. The number of hydrogen-bond acceptors (Lipinski definition) is 5. The van der Waals surface area contributed by atoms with Crippen molar-refractivity contribution in [2.45, 2.75) is 56.9 Å². The molecule has 5 rings (SSSR count). The largest absolute Gasteiger partial charge is 0.325 e. The minimum atomic E-state index is -0.416. The number of carbonyl (C=O) groups excluding carboxylic acids is 1. The number of amides is 1. The van der Waals surface area contributed by atoms with Crippen molar-refractivity contribution in [2.24, 2.45) is 0 Å². The molecule has 2 heterocycles. The Kier molecular flexibility index (Phi) is 6.32. The maximum Gasteiger partial charge on any atom is 0.260 e. The molecule has 1 amide bonds. The van der Waals surface area contributed by atoms with Crippen LogP contribution >= 0.6 is 23.1 Å². The van der Waals surface area contributed by atoms with Crippen LogP contribution in [0.15, 0.2) is 51.7 Å². The van der Waals surface area contributed by atoms with E-state index in [-0.39, 0.29) is 11.5 Å². The number of thioether (sulfide) groups is 1. The Morgan fingerprint density at radius 2 is 1.94 bits per heavy atom. The van der Waals surface area contributed by atoms with Crippen molar-refractivity contribution in [2.75, 3.05) is 5.32 Å². The fourth-order valence-corrected chi connectivity index (χ4v) is 6.24. The zero-order valence-electron chi connectivity index (χ0n) is 19.5. The van der Waals surface area contributed by atoms with Crippen LogP contribution in [0.3, 0.4) is 0 Å². The zero-order chi connectivity index (χ0) is 23.8. The van der Waals surface area contributed by atoms with Crippen LogP contribution in [-0.4, -0.2) is 21.1 Å². The van der Waals surface area contributed by atoms with E-state index in [1.54, 1.807) is 0 Å². The molecule has 1 aliphatic carbocycles. The highest BCUT2D eigenvalue weighted by Gasteiger charge is 2.20. The van der Waals surface area contributed by atoms with Gasteiger partial charge in [-0.15, -0.1) is 11.3 Å². The van der Waals surface area contributed by atoms with E-state index in [9.17, 15) is 9.59 Å². The third-order valence-electron chi connectivity index (χ3n) is 6.60. The van der Waals surface area contributed by atoms with Crippen LogP contribution in [0.1, 0.15) is 42.0 Å². The van der Waals surface area contributed by atoms with Crippen LogP contribution in [-0.2, 0) is 17.6 Å². The number of benzene rings is 2. The van der Waals surface area contributed by atoms with Crippen molar-refractivity contribution >= 4 is 44.9 Å². The summed E-state index contributed by atoms with van der Waals surface area (Å²) in [6.07, 6.45) is 4.71. The summed E-state index contributed by atoms with van der Waals surface area (Å²) in [4.78, 5) is 34.1. The first-order valence-electron chi connectivity index (χ1n) is 11.6. The molecular formula is C27H27N3O2S2. The summed E-state index contributed by atoms with van der Waals surface area (Å²) in [5.74, 6) is -0.123. The van der Waals surface area contributed by atoms with Gasteiger partial charge in [0.25, 0.3) is 5.56 Å². The van der Waals surface area contributed by atoms with E-state index in [0.29, 0.717) is 15.4 Å². The summed E-state index contributed by atoms with van der Waals surface area (Å²) in [5, 5.41) is 5.68. The Morgan fingerprint density at radius 1 is 1.15 bits per heavy atom. The molecule has 174 valence electrons. The lowest BCUT2D eigenvalue weighted by atomic mass is 9.89. The first-order chi connectivity index (χ1) is 16.4. The summed E-state index contributed by atoms with van der Waals surface area (Å²) in [7, 11) is 0. The maximum atomic E-state index is 13.1. The second-order valence-corrected chi connectivity index (χ2v) is 11.1. The molecule has 2 N–H and O–H groups in total. The van der Waals surface area contributed by atoms with E-state index in [1.165, 1.54) is 47.1 Å². The van der Waals surface area contributed by atoms with Gasteiger partial charge in [0.2, 0.25) is 5.91 Å². The molecule has 34 heavy (non-hydrogen) atoms. The average Bonchev–Trinajstić information content (AvgIpc) is 3.26. The van der Waals surface area contributed by atoms with Crippen molar-refractivity contribution in [3.05, 3.63) is 74.4 Å². The SMILES string of the molecule is Cc1cccc(NC(=O)C(C)Sc2nc3scc(-c4ccc5c(c4)CCCC5)c3c(=O)[nH]2)c1C. The molecule has 2 aromatic carbocycles. The number of anilines is 1. The molecule has 5 nitrogen and oxygen atoms in total. The molecule has 1 unspecified atom stereocenters. The molecule has 2 aromatic heterocycles. The number of aryl methyl sites for hydroxylation is 3. The van der Waals surface area contributed by atoms with Crippen molar-refractivity contribution in [3.8, 4) is 11.1 Å². The van der Waals surface area contributed by atoms with Gasteiger partial charge < -0.3 is 10.3 Å². The highest BCUT2D eigenvalue weighted by Crippen LogP contribution is 2.34. The van der Waals surface area contributed by atoms with E-state index in [1.807, 2.05) is 44.4 Å². The van der Waals surface area contributed by atoms with Gasteiger partial charge in [0.15, 0.2) is 5.16 Å². The molecule has 0 bridgehead atoms. The Bertz CT molecular complexity index is 1450. The van der Waals surface area contributed by atoms with Gasteiger partial charge in [-0.1, -0.05) is 42.1 Å². The van der Waals surface area contributed by atoms with Crippen LogP contribution in [0.5, 0.6) is 0 Å². The molecule has 0 aliphatic heterocycles. The Morgan fingerprint density at radius 3 is 2.76 bits per heavy atom. The number of nitrogens with one attached hydrogen (secondary N) is 2. The lowest BCUT2D eigenvalue weighted by molar-refractivity contribution is -0.115. The molecule has 0 saturated carbocycles. The second-order valence-electron chi connectivity index (χ2n) is 8.89. The number of thiophene rings is 1. The number of fused-ring (bicyclic) bond motifs is 2. The Balaban J connectivity index is 1.38. The number of nitrogens with zero attached hydrogens (tertiary/aromatic N) is 1. The molecule has 0 fully saturated rings. The lowest BCUT2D eigenvalue weighted by Crippen LogP contribution is -2.23. The van der Waals surface area contributed by atoms with Gasteiger partial charge in [-0.25, -0.2) is 4.98 Å². The monoisotopic (exact) mass is 489 g/mol. The van der Waals surface area contributed by atoms with Gasteiger partial charge in [-0.3, -0.25) is 9.59 Å². The summed E-state index contributed by atoms with van der Waals surface area (Å²) in [6, 6.07) is 12.4. The first-order valence-corrected chi connectivity index (χ1v) is 13.3. The van der Waals surface area contributed by atoms with Crippen LogP contribution in [0.2, 0.25) is 0 Å². The molecular weight excluding hydrogens is 462 g/mol. The van der Waals surface area contributed by atoms with Crippen LogP contribution in [0.25, 0.3) is 21.3 Å². The molecule has 1 atom stereocenters. The number of carbonyl (C=O) groups is 1. The topological polar surface area (TPSA) is 74.8 Å². The fourth-order valence-electron chi connectivity index (χ4n) is 4.44. The molecule has 1 aliphatic rings. The number of hydrogen-bond donors (Lipinski definition) is 2. The van der Waals surface area contributed by atoms with Gasteiger partial charge in [0.1, 0.15) is 4.83 Å². The van der Waals surface area contributed by atoms with Gasteiger partial charge in [0, 0.05) is 16.6 Å². The van der Waals surface area contributed by atoms with Gasteiger partial charge >= 0.3 is 0 Å². The highest BCUT2D eigenvalue weighted by atomic mass is 32.2. The summed E-state index contributed by atoms with van der Waals surface area (Å²) < 4.78 is 0.